The second-order valence-corrected chi connectivity index (χ2v) is 10.5. The molecule has 0 radical (unpaired) electrons. The molecule has 38 heavy (non-hydrogen) atoms. The molecular formula is C26H19F3N6OS2. The van der Waals surface area contributed by atoms with Gasteiger partial charge in [-0.05, 0) is 67.4 Å². The van der Waals surface area contributed by atoms with E-state index in [0.717, 1.165) is 48.8 Å². The minimum absolute atomic E-state index is 0.295. The van der Waals surface area contributed by atoms with Gasteiger partial charge in [-0.3, -0.25) is 4.90 Å². The minimum Gasteiger partial charge on any atom is -0.406 e. The number of aliphatic imine (C=N–C) groups is 1. The number of aryl methyl sites for hydroxylation is 2. The van der Waals surface area contributed by atoms with Crippen molar-refractivity contribution < 1.29 is 17.9 Å². The molecule has 0 unspecified atom stereocenters. The number of thioether (sulfide) groups is 1. The van der Waals surface area contributed by atoms with Crippen molar-refractivity contribution in [2.24, 2.45) is 4.99 Å². The Balaban J connectivity index is 1.23. The van der Waals surface area contributed by atoms with Gasteiger partial charge in [-0.15, -0.1) is 18.3 Å². The smallest absolute Gasteiger partial charge is 0.406 e. The molecule has 6 rings (SSSR count). The number of fused-ring (bicyclic) bond motifs is 1. The van der Waals surface area contributed by atoms with E-state index in [0.29, 0.717) is 11.5 Å². The predicted octanol–water partition coefficient (Wildman–Crippen LogP) is 7.26. The molecule has 192 valence electrons. The molecule has 5 aromatic rings. The van der Waals surface area contributed by atoms with Crippen LogP contribution >= 0.6 is 23.1 Å². The molecule has 0 N–H and O–H groups in total. The van der Waals surface area contributed by atoms with E-state index in [1.807, 2.05) is 24.3 Å². The first-order valence-corrected chi connectivity index (χ1v) is 13.3. The molecule has 1 saturated heterocycles. The zero-order valence-electron chi connectivity index (χ0n) is 20.1. The number of alkyl halides is 3. The number of hydrogen-bond acceptors (Lipinski definition) is 7. The third kappa shape index (κ3) is 4.84. The summed E-state index contributed by atoms with van der Waals surface area (Å²) in [5.74, 6) is 0.986. The summed E-state index contributed by atoms with van der Waals surface area (Å²) in [7, 11) is 0. The molecule has 0 amide bonds. The summed E-state index contributed by atoms with van der Waals surface area (Å²) in [4.78, 5) is 16.2. The van der Waals surface area contributed by atoms with Crippen molar-refractivity contribution in [3.05, 3.63) is 78.1 Å². The van der Waals surface area contributed by atoms with Gasteiger partial charge >= 0.3 is 6.36 Å². The van der Waals surface area contributed by atoms with Crippen molar-refractivity contribution in [1.29, 1.82) is 0 Å². The van der Waals surface area contributed by atoms with Crippen LogP contribution in [-0.4, -0.2) is 37.2 Å². The van der Waals surface area contributed by atoms with Gasteiger partial charge in [-0.2, -0.15) is 0 Å². The van der Waals surface area contributed by atoms with E-state index in [9.17, 15) is 13.2 Å². The Kier molecular flexibility index (Phi) is 6.07. The average Bonchev–Trinajstić information content (AvgIpc) is 3.49. The van der Waals surface area contributed by atoms with Gasteiger partial charge in [0.2, 0.25) is 0 Å². The average molecular weight is 553 g/mol. The molecule has 0 bridgehead atoms. The maximum absolute atomic E-state index is 12.4. The van der Waals surface area contributed by atoms with E-state index in [1.165, 1.54) is 35.3 Å². The fourth-order valence-corrected chi connectivity index (χ4v) is 5.87. The van der Waals surface area contributed by atoms with Crippen LogP contribution in [0, 0.1) is 13.8 Å². The summed E-state index contributed by atoms with van der Waals surface area (Å²) < 4.78 is 43.6. The zero-order chi connectivity index (χ0) is 26.4. The van der Waals surface area contributed by atoms with Gasteiger partial charge in [0, 0.05) is 5.56 Å². The highest BCUT2D eigenvalue weighted by Gasteiger charge is 2.31. The number of ether oxygens (including phenoxy) is 1. The second-order valence-electron chi connectivity index (χ2n) is 8.57. The first kappa shape index (κ1) is 24.4. The van der Waals surface area contributed by atoms with Crippen molar-refractivity contribution in [2.75, 3.05) is 10.8 Å². The van der Waals surface area contributed by atoms with Crippen LogP contribution in [0.3, 0.4) is 0 Å². The summed E-state index contributed by atoms with van der Waals surface area (Å²) in [6.45, 7) is 4.12. The number of nitrogens with zero attached hydrogens (tertiary/aromatic N) is 6. The molecule has 0 atom stereocenters. The third-order valence-corrected chi connectivity index (χ3v) is 7.89. The summed E-state index contributed by atoms with van der Waals surface area (Å²) in [6, 6.07) is 17.4. The predicted molar refractivity (Wildman–Crippen MR) is 145 cm³/mol. The number of benzene rings is 3. The molecule has 1 fully saturated rings. The zero-order valence-corrected chi connectivity index (χ0v) is 21.7. The van der Waals surface area contributed by atoms with Gasteiger partial charge < -0.3 is 4.74 Å². The SMILES string of the molecule is Cc1cccc(C)c1/N=C1/SCN1c1nc2ccc(-c3ncn(-c4ccc(OC(F)(F)F)cc4)n3)cc2s1. The lowest BCUT2D eigenvalue weighted by molar-refractivity contribution is -0.274. The van der Waals surface area contributed by atoms with E-state index in [4.69, 9.17) is 9.98 Å². The number of aromatic nitrogens is 4. The number of hydrogen-bond donors (Lipinski definition) is 0. The van der Waals surface area contributed by atoms with Crippen LogP contribution in [0.1, 0.15) is 11.1 Å². The van der Waals surface area contributed by atoms with Crippen LogP contribution in [0.25, 0.3) is 27.3 Å². The quantitative estimate of drug-likeness (QED) is 0.229. The van der Waals surface area contributed by atoms with E-state index in [1.54, 1.807) is 23.1 Å². The highest BCUT2D eigenvalue weighted by molar-refractivity contribution is 8.16. The van der Waals surface area contributed by atoms with Crippen LogP contribution in [0.5, 0.6) is 5.75 Å². The fraction of sp³-hybridized carbons (Fsp3) is 0.154. The summed E-state index contributed by atoms with van der Waals surface area (Å²) in [6.07, 6.45) is -3.22. The maximum Gasteiger partial charge on any atom is 0.573 e. The Hall–Kier alpha value is -3.90. The number of anilines is 1. The van der Waals surface area contributed by atoms with Crippen molar-refractivity contribution in [3.63, 3.8) is 0 Å². The Morgan fingerprint density at radius 3 is 2.45 bits per heavy atom. The molecule has 2 aromatic heterocycles. The lowest BCUT2D eigenvalue weighted by Crippen LogP contribution is -2.38. The highest BCUT2D eigenvalue weighted by atomic mass is 32.2. The van der Waals surface area contributed by atoms with Crippen LogP contribution in [-0.2, 0) is 0 Å². The monoisotopic (exact) mass is 552 g/mol. The molecule has 1 aliphatic rings. The number of para-hydroxylation sites is 1. The second kappa shape index (κ2) is 9.44. The Bertz CT molecular complexity index is 1660. The minimum atomic E-state index is -4.74. The number of halogens is 3. The molecule has 12 heteroatoms. The van der Waals surface area contributed by atoms with Gasteiger partial charge in [0.25, 0.3) is 0 Å². The van der Waals surface area contributed by atoms with Crippen molar-refractivity contribution >= 4 is 49.3 Å². The molecule has 0 spiro atoms. The van der Waals surface area contributed by atoms with Crippen LogP contribution in [0.4, 0.5) is 24.0 Å². The summed E-state index contributed by atoms with van der Waals surface area (Å²) in [5.41, 5.74) is 5.51. The molecule has 0 aliphatic carbocycles. The Morgan fingerprint density at radius 2 is 1.76 bits per heavy atom. The molecular weight excluding hydrogens is 533 g/mol. The van der Waals surface area contributed by atoms with Gasteiger partial charge in [-0.25, -0.2) is 19.6 Å². The van der Waals surface area contributed by atoms with Gasteiger partial charge in [0.05, 0.1) is 27.5 Å². The van der Waals surface area contributed by atoms with E-state index >= 15 is 0 Å². The third-order valence-electron chi connectivity index (χ3n) is 5.89. The number of thiazole rings is 1. The highest BCUT2D eigenvalue weighted by Crippen LogP contribution is 2.39. The lowest BCUT2D eigenvalue weighted by Gasteiger charge is -2.31. The van der Waals surface area contributed by atoms with E-state index in [-0.39, 0.29) is 5.75 Å². The van der Waals surface area contributed by atoms with E-state index in [2.05, 4.69) is 45.7 Å². The lowest BCUT2D eigenvalue weighted by atomic mass is 10.1. The maximum atomic E-state index is 12.4. The summed E-state index contributed by atoms with van der Waals surface area (Å²) >= 11 is 3.27. The number of rotatable bonds is 5. The van der Waals surface area contributed by atoms with Crippen LogP contribution in [0.15, 0.2) is 72.0 Å². The van der Waals surface area contributed by atoms with Crippen LogP contribution in [0.2, 0.25) is 0 Å². The molecule has 3 heterocycles. The Labute approximate surface area is 223 Å². The van der Waals surface area contributed by atoms with Gasteiger partial charge in [-0.1, -0.05) is 41.3 Å². The normalized spacial score (nSPS) is 14.8. The molecule has 1 aliphatic heterocycles. The van der Waals surface area contributed by atoms with Gasteiger partial charge in [0.15, 0.2) is 16.1 Å². The van der Waals surface area contributed by atoms with Crippen molar-refractivity contribution in [1.82, 2.24) is 19.7 Å². The first-order valence-electron chi connectivity index (χ1n) is 11.5. The van der Waals surface area contributed by atoms with Crippen molar-refractivity contribution in [3.8, 4) is 22.8 Å². The van der Waals surface area contributed by atoms with Gasteiger partial charge in [0.1, 0.15) is 12.1 Å². The van der Waals surface area contributed by atoms with Crippen molar-refractivity contribution in [2.45, 2.75) is 20.2 Å². The molecule has 7 nitrogen and oxygen atoms in total. The van der Waals surface area contributed by atoms with Crippen LogP contribution < -0.4 is 9.64 Å². The largest absolute Gasteiger partial charge is 0.573 e. The first-order chi connectivity index (χ1) is 18.2. The molecule has 0 saturated carbocycles. The van der Waals surface area contributed by atoms with E-state index < -0.39 is 6.36 Å². The summed E-state index contributed by atoms with van der Waals surface area (Å²) in [5, 5.41) is 6.30. The fourth-order valence-electron chi connectivity index (χ4n) is 3.98. The Morgan fingerprint density at radius 1 is 1.00 bits per heavy atom. The molecule has 3 aromatic carbocycles. The topological polar surface area (TPSA) is 68.4 Å². The standard InChI is InChI=1S/C26H19F3N6OS2/c1-15-4-3-5-16(2)22(15)32-24-34(14-37-24)25-31-20-11-6-17(12-21(20)38-25)23-30-13-35(33-23)18-7-9-19(10-8-18)36-26(27,28)29/h3-13H,14H2,1-2H3/b32-24+. The number of amidine groups is 1.